The number of carbonyl (C=O) groups excluding carboxylic acids is 2. The molecule has 1 fully saturated rings. The molecule has 4 rings (SSSR count). The number of likely N-dealkylation sites (tertiary alicyclic amines) is 1. The standard InChI is InChI=1S/C30H41FN2O5Si/c1-19-27(39(8,9)22-13-11-21(36-6)12-14-22)25(17-26(34)37-7)33(28(35)38-29(2,3)4)30(19)18-32(5)24-15-10-20(31)16-23(24)30/h10-16,19,25,27H,17-18H2,1-9H3/t19-,25+,27-,30?/m1/s1. The molecule has 1 unspecified atom stereocenters. The van der Waals surface area contributed by atoms with Gasteiger partial charge in [-0.3, -0.25) is 9.69 Å². The predicted molar refractivity (Wildman–Crippen MR) is 153 cm³/mol. The molecule has 9 heteroatoms. The van der Waals surface area contributed by atoms with E-state index in [9.17, 15) is 14.0 Å². The highest BCUT2D eigenvalue weighted by Gasteiger charge is 2.66. The van der Waals surface area contributed by atoms with E-state index in [1.807, 2.05) is 40.0 Å². The monoisotopic (exact) mass is 556 g/mol. The first-order valence-corrected chi connectivity index (χ1v) is 16.5. The molecule has 39 heavy (non-hydrogen) atoms. The van der Waals surface area contributed by atoms with E-state index in [0.717, 1.165) is 17.0 Å². The summed E-state index contributed by atoms with van der Waals surface area (Å²) >= 11 is 0. The maximum Gasteiger partial charge on any atom is 0.411 e. The van der Waals surface area contributed by atoms with E-state index in [4.69, 9.17) is 14.2 Å². The third-order valence-electron chi connectivity index (χ3n) is 8.64. The van der Waals surface area contributed by atoms with Crippen molar-refractivity contribution in [3.63, 3.8) is 0 Å². The molecule has 0 radical (unpaired) electrons. The summed E-state index contributed by atoms with van der Waals surface area (Å²) in [6.45, 7) is 12.6. The molecule has 2 aliphatic heterocycles. The second kappa shape index (κ2) is 10.2. The SMILES string of the molecule is COC(=O)C[C@H]1[C@H]([Si](C)(C)c2ccc(OC)cc2)[C@@H](C)C2(CN(C)c3ccc(F)cc32)N1C(=O)OC(C)(C)C. The van der Waals surface area contributed by atoms with Crippen LogP contribution in [0.4, 0.5) is 14.9 Å². The van der Waals surface area contributed by atoms with Crippen molar-refractivity contribution in [2.24, 2.45) is 5.92 Å². The number of anilines is 1. The van der Waals surface area contributed by atoms with E-state index in [2.05, 4.69) is 37.1 Å². The van der Waals surface area contributed by atoms with Gasteiger partial charge in [-0.05, 0) is 62.6 Å². The van der Waals surface area contributed by atoms with E-state index in [0.29, 0.717) is 6.54 Å². The minimum absolute atomic E-state index is 0.0213. The molecule has 2 aromatic carbocycles. The fraction of sp³-hybridized carbons (Fsp3) is 0.533. The number of esters is 1. The molecule has 212 valence electrons. The van der Waals surface area contributed by atoms with E-state index in [1.165, 1.54) is 18.4 Å². The zero-order chi connectivity index (χ0) is 28.9. The van der Waals surface area contributed by atoms with Crippen LogP contribution in [0.15, 0.2) is 42.5 Å². The molecule has 2 aromatic rings. The second-order valence-electron chi connectivity index (χ2n) is 12.4. The van der Waals surface area contributed by atoms with Crippen molar-refractivity contribution in [1.29, 1.82) is 0 Å². The Morgan fingerprint density at radius 1 is 1.10 bits per heavy atom. The fourth-order valence-electron chi connectivity index (χ4n) is 7.02. The van der Waals surface area contributed by atoms with Crippen LogP contribution in [0.3, 0.4) is 0 Å². The Balaban J connectivity index is 1.97. The van der Waals surface area contributed by atoms with Crippen LogP contribution < -0.4 is 14.8 Å². The molecule has 0 aromatic heterocycles. The minimum Gasteiger partial charge on any atom is -0.497 e. The average Bonchev–Trinajstić information content (AvgIpc) is 3.28. The molecule has 1 amide bonds. The first-order valence-electron chi connectivity index (χ1n) is 13.4. The van der Waals surface area contributed by atoms with Crippen molar-refractivity contribution >= 4 is 31.0 Å². The molecule has 0 saturated carbocycles. The second-order valence-corrected chi connectivity index (χ2v) is 17.1. The van der Waals surface area contributed by atoms with Gasteiger partial charge >= 0.3 is 12.1 Å². The smallest absolute Gasteiger partial charge is 0.411 e. The van der Waals surface area contributed by atoms with Gasteiger partial charge in [-0.25, -0.2) is 9.18 Å². The lowest BCUT2D eigenvalue weighted by molar-refractivity contribution is -0.141. The third-order valence-corrected chi connectivity index (χ3v) is 13.0. The number of fused-ring (bicyclic) bond motifs is 2. The van der Waals surface area contributed by atoms with Gasteiger partial charge in [0.25, 0.3) is 0 Å². The van der Waals surface area contributed by atoms with Gasteiger partial charge < -0.3 is 19.1 Å². The number of hydrogen-bond acceptors (Lipinski definition) is 6. The summed E-state index contributed by atoms with van der Waals surface area (Å²) in [7, 11) is 2.55. The van der Waals surface area contributed by atoms with Crippen molar-refractivity contribution in [3.8, 4) is 5.75 Å². The van der Waals surface area contributed by atoms with Crippen molar-refractivity contribution in [2.75, 3.05) is 32.7 Å². The molecule has 2 aliphatic rings. The number of halogens is 1. The van der Waals surface area contributed by atoms with Crippen LogP contribution in [-0.2, 0) is 19.8 Å². The number of nitrogens with zero attached hydrogens (tertiary/aromatic N) is 2. The first-order chi connectivity index (χ1) is 18.2. The van der Waals surface area contributed by atoms with Crippen LogP contribution in [0.25, 0.3) is 0 Å². The number of methoxy groups -OCH3 is 2. The van der Waals surface area contributed by atoms with Crippen molar-refractivity contribution in [2.45, 2.75) is 69.9 Å². The summed E-state index contributed by atoms with van der Waals surface area (Å²) in [5.41, 5.74) is -0.0963. The Morgan fingerprint density at radius 3 is 2.31 bits per heavy atom. The van der Waals surface area contributed by atoms with Crippen LogP contribution in [0, 0.1) is 11.7 Å². The zero-order valence-electron chi connectivity index (χ0n) is 24.5. The molecule has 0 bridgehead atoms. The number of ether oxygens (including phenoxy) is 3. The number of hydrogen-bond donors (Lipinski definition) is 0. The van der Waals surface area contributed by atoms with Gasteiger partial charge in [0.05, 0.1) is 34.3 Å². The fourth-order valence-corrected chi connectivity index (χ4v) is 11.2. The van der Waals surface area contributed by atoms with Gasteiger partial charge in [-0.15, -0.1) is 0 Å². The molecule has 1 spiro atoms. The number of likely N-dealkylation sites (N-methyl/N-ethyl adjacent to an activating group) is 1. The van der Waals surface area contributed by atoms with Crippen molar-refractivity contribution < 1.29 is 28.2 Å². The van der Waals surface area contributed by atoms with E-state index in [-0.39, 0.29) is 23.7 Å². The lowest BCUT2D eigenvalue weighted by Gasteiger charge is -2.41. The first kappa shape index (κ1) is 28.9. The highest BCUT2D eigenvalue weighted by Crippen LogP contribution is 2.61. The highest BCUT2D eigenvalue weighted by atomic mass is 28.3. The maximum atomic E-state index is 14.9. The average molecular weight is 557 g/mol. The zero-order valence-corrected chi connectivity index (χ0v) is 25.5. The Hall–Kier alpha value is -3.07. The van der Waals surface area contributed by atoms with Crippen molar-refractivity contribution in [1.82, 2.24) is 4.90 Å². The van der Waals surface area contributed by atoms with Crippen LogP contribution in [0.5, 0.6) is 5.75 Å². The number of benzene rings is 2. The highest BCUT2D eigenvalue weighted by molar-refractivity contribution is 6.91. The molecular weight excluding hydrogens is 515 g/mol. The summed E-state index contributed by atoms with van der Waals surface area (Å²) in [5, 5.41) is 1.18. The maximum absolute atomic E-state index is 14.9. The molecular formula is C30H41FN2O5Si. The Morgan fingerprint density at radius 2 is 1.74 bits per heavy atom. The summed E-state index contributed by atoms with van der Waals surface area (Å²) in [5.74, 6) is -0.107. The largest absolute Gasteiger partial charge is 0.497 e. The van der Waals surface area contributed by atoms with Crippen LogP contribution in [0.2, 0.25) is 18.6 Å². The molecule has 7 nitrogen and oxygen atoms in total. The molecule has 0 N–H and O–H groups in total. The van der Waals surface area contributed by atoms with Gasteiger partial charge in [-0.2, -0.15) is 0 Å². The molecule has 2 heterocycles. The summed E-state index contributed by atoms with van der Waals surface area (Å²) in [6, 6.07) is 12.3. The van der Waals surface area contributed by atoms with E-state index >= 15 is 0 Å². The lowest BCUT2D eigenvalue weighted by Crippen LogP contribution is -2.55. The topological polar surface area (TPSA) is 68.3 Å². The molecule has 4 atom stereocenters. The summed E-state index contributed by atoms with van der Waals surface area (Å²) in [4.78, 5) is 30.9. The van der Waals surface area contributed by atoms with Crippen LogP contribution in [0.1, 0.15) is 39.7 Å². The molecule has 0 aliphatic carbocycles. The molecule has 1 saturated heterocycles. The van der Waals surface area contributed by atoms with Crippen molar-refractivity contribution in [3.05, 3.63) is 53.8 Å². The van der Waals surface area contributed by atoms with Gasteiger partial charge in [0.1, 0.15) is 17.2 Å². The Bertz CT molecular complexity index is 1240. The summed E-state index contributed by atoms with van der Waals surface area (Å²) in [6.07, 6.45) is -0.483. The van der Waals surface area contributed by atoms with Crippen LogP contribution in [-0.4, -0.2) is 64.5 Å². The van der Waals surface area contributed by atoms with Crippen LogP contribution >= 0.6 is 0 Å². The lowest BCUT2D eigenvalue weighted by atomic mass is 9.81. The Kier molecular flexibility index (Phi) is 7.53. The van der Waals surface area contributed by atoms with Gasteiger partial charge in [0.2, 0.25) is 0 Å². The van der Waals surface area contributed by atoms with E-state index < -0.39 is 37.3 Å². The normalized spacial score (nSPS) is 24.6. The quantitative estimate of drug-likeness (QED) is 0.369. The van der Waals surface area contributed by atoms with Gasteiger partial charge in [0, 0.05) is 30.9 Å². The minimum atomic E-state index is -2.41. The Labute approximate surface area is 232 Å². The predicted octanol–water partition coefficient (Wildman–Crippen LogP) is 5.28. The summed E-state index contributed by atoms with van der Waals surface area (Å²) < 4.78 is 31.4. The van der Waals surface area contributed by atoms with Gasteiger partial charge in [0.15, 0.2) is 0 Å². The third kappa shape index (κ3) is 4.90. The number of rotatable bonds is 5. The number of amides is 1. The van der Waals surface area contributed by atoms with E-state index in [1.54, 1.807) is 24.1 Å². The van der Waals surface area contributed by atoms with Gasteiger partial charge in [-0.1, -0.05) is 37.3 Å². The number of carbonyl (C=O) groups is 2.